The van der Waals surface area contributed by atoms with E-state index in [0.717, 1.165) is 24.8 Å². The molecule has 0 bridgehead atoms. The summed E-state index contributed by atoms with van der Waals surface area (Å²) in [5.74, 6) is 0. The van der Waals surface area contributed by atoms with Crippen molar-refractivity contribution in [1.82, 2.24) is 0 Å². The van der Waals surface area contributed by atoms with Crippen molar-refractivity contribution in [3.05, 3.63) is 33.9 Å². The molecule has 1 saturated carbocycles. The molecule has 0 saturated heterocycles. The lowest BCUT2D eigenvalue weighted by atomic mass is 10.1. The minimum absolute atomic E-state index is 0.205. The summed E-state index contributed by atoms with van der Waals surface area (Å²) in [5, 5.41) is 14.3. The summed E-state index contributed by atoms with van der Waals surface area (Å²) in [6, 6.07) is 5.89. The number of nitro benzene ring substituents is 1. The van der Waals surface area contributed by atoms with Crippen molar-refractivity contribution in [3.8, 4) is 0 Å². The lowest BCUT2D eigenvalue weighted by molar-refractivity contribution is -0.384. The molecule has 0 aliphatic heterocycles. The molecule has 0 radical (unpaired) electrons. The van der Waals surface area contributed by atoms with Crippen LogP contribution in [0.3, 0.4) is 0 Å². The van der Waals surface area contributed by atoms with Gasteiger partial charge in [-0.05, 0) is 30.9 Å². The Morgan fingerprint density at radius 2 is 2.12 bits per heavy atom. The fraction of sp³-hybridized carbons (Fsp3) is 0.538. The van der Waals surface area contributed by atoms with Gasteiger partial charge in [0.25, 0.3) is 5.69 Å². The molecule has 1 aliphatic rings. The highest BCUT2D eigenvalue weighted by Crippen LogP contribution is 2.29. The highest BCUT2D eigenvalue weighted by Gasteiger charge is 2.20. The van der Waals surface area contributed by atoms with E-state index >= 15 is 0 Å². The Kier molecular flexibility index (Phi) is 3.61. The zero-order chi connectivity index (χ0) is 12.3. The highest BCUT2D eigenvalue weighted by atomic mass is 16.6. The number of benzene rings is 1. The number of rotatable bonds is 4. The summed E-state index contributed by atoms with van der Waals surface area (Å²) in [7, 11) is 0. The zero-order valence-electron chi connectivity index (χ0n) is 10.1. The Hall–Kier alpha value is -1.58. The number of aryl methyl sites for hydroxylation is 1. The number of nitro groups is 1. The van der Waals surface area contributed by atoms with E-state index < -0.39 is 0 Å². The lowest BCUT2D eigenvalue weighted by Gasteiger charge is -2.14. The van der Waals surface area contributed by atoms with Crippen molar-refractivity contribution in [2.75, 3.05) is 5.32 Å². The van der Waals surface area contributed by atoms with Gasteiger partial charge in [-0.25, -0.2) is 0 Å². The van der Waals surface area contributed by atoms with E-state index in [-0.39, 0.29) is 10.6 Å². The second kappa shape index (κ2) is 5.17. The second-order valence-corrected chi connectivity index (χ2v) is 4.59. The molecule has 1 fully saturated rings. The van der Waals surface area contributed by atoms with Crippen molar-refractivity contribution in [2.45, 2.75) is 45.1 Å². The number of hydrogen-bond acceptors (Lipinski definition) is 3. The van der Waals surface area contributed by atoms with Crippen molar-refractivity contribution in [2.24, 2.45) is 0 Å². The van der Waals surface area contributed by atoms with E-state index in [0.29, 0.717) is 11.7 Å². The standard InChI is InChI=1S/C13H18N2O2/c1-2-10-7-8-12(13(9-10)15(16)17)14-11-5-3-4-6-11/h7-9,11,14H,2-6H2,1H3. The van der Waals surface area contributed by atoms with Gasteiger partial charge in [-0.1, -0.05) is 25.8 Å². The summed E-state index contributed by atoms with van der Waals surface area (Å²) in [6.07, 6.45) is 5.50. The molecule has 17 heavy (non-hydrogen) atoms. The van der Waals surface area contributed by atoms with Gasteiger partial charge in [0.1, 0.15) is 5.69 Å². The number of nitrogens with zero attached hydrogens (tertiary/aromatic N) is 1. The number of anilines is 1. The van der Waals surface area contributed by atoms with Gasteiger partial charge in [0.05, 0.1) is 4.92 Å². The fourth-order valence-electron chi connectivity index (χ4n) is 2.36. The SMILES string of the molecule is CCc1ccc(NC2CCCC2)c([N+](=O)[O-])c1. The van der Waals surface area contributed by atoms with Crippen LogP contribution in [-0.2, 0) is 6.42 Å². The summed E-state index contributed by atoms with van der Waals surface area (Å²) in [6.45, 7) is 2.00. The van der Waals surface area contributed by atoms with Crippen LogP contribution in [0.15, 0.2) is 18.2 Å². The van der Waals surface area contributed by atoms with E-state index in [4.69, 9.17) is 0 Å². The van der Waals surface area contributed by atoms with Crippen LogP contribution in [0.25, 0.3) is 0 Å². The van der Waals surface area contributed by atoms with E-state index in [1.165, 1.54) is 12.8 Å². The van der Waals surface area contributed by atoms with E-state index in [2.05, 4.69) is 5.32 Å². The van der Waals surface area contributed by atoms with Crippen LogP contribution in [-0.4, -0.2) is 11.0 Å². The molecule has 0 unspecified atom stereocenters. The summed E-state index contributed by atoms with van der Waals surface area (Å²) in [4.78, 5) is 10.7. The van der Waals surface area contributed by atoms with Crippen molar-refractivity contribution in [1.29, 1.82) is 0 Å². The first-order chi connectivity index (χ1) is 8.20. The average Bonchev–Trinajstić information content (AvgIpc) is 2.82. The molecule has 0 atom stereocenters. The van der Waals surface area contributed by atoms with Gasteiger partial charge in [-0.2, -0.15) is 0 Å². The van der Waals surface area contributed by atoms with Crippen LogP contribution in [0.2, 0.25) is 0 Å². The van der Waals surface area contributed by atoms with E-state index in [1.54, 1.807) is 6.07 Å². The molecule has 0 spiro atoms. The van der Waals surface area contributed by atoms with Crippen LogP contribution in [0.4, 0.5) is 11.4 Å². The van der Waals surface area contributed by atoms with Gasteiger partial charge in [0.15, 0.2) is 0 Å². The zero-order valence-corrected chi connectivity index (χ0v) is 10.1. The van der Waals surface area contributed by atoms with Gasteiger partial charge in [0, 0.05) is 12.1 Å². The highest BCUT2D eigenvalue weighted by molar-refractivity contribution is 5.63. The van der Waals surface area contributed by atoms with Gasteiger partial charge in [-0.15, -0.1) is 0 Å². The quantitative estimate of drug-likeness (QED) is 0.640. The third kappa shape index (κ3) is 2.75. The molecule has 2 rings (SSSR count). The molecule has 1 aromatic rings. The molecule has 0 amide bonds. The monoisotopic (exact) mass is 234 g/mol. The fourth-order valence-corrected chi connectivity index (χ4v) is 2.36. The Bertz CT molecular complexity index is 412. The molecule has 1 aliphatic carbocycles. The van der Waals surface area contributed by atoms with Crippen LogP contribution in [0.5, 0.6) is 0 Å². The smallest absolute Gasteiger partial charge is 0.292 e. The van der Waals surface area contributed by atoms with E-state index in [9.17, 15) is 10.1 Å². The van der Waals surface area contributed by atoms with Gasteiger partial charge in [0.2, 0.25) is 0 Å². The first-order valence-electron chi connectivity index (χ1n) is 6.24. The second-order valence-electron chi connectivity index (χ2n) is 4.59. The average molecular weight is 234 g/mol. The van der Waals surface area contributed by atoms with E-state index in [1.807, 2.05) is 19.1 Å². The third-order valence-corrected chi connectivity index (χ3v) is 3.38. The van der Waals surface area contributed by atoms with Crippen LogP contribution in [0, 0.1) is 10.1 Å². The lowest BCUT2D eigenvalue weighted by Crippen LogP contribution is -2.15. The third-order valence-electron chi connectivity index (χ3n) is 3.38. The maximum atomic E-state index is 11.0. The molecular weight excluding hydrogens is 216 g/mol. The van der Waals surface area contributed by atoms with Crippen LogP contribution >= 0.6 is 0 Å². The van der Waals surface area contributed by atoms with Crippen molar-refractivity contribution < 1.29 is 4.92 Å². The Morgan fingerprint density at radius 1 is 1.41 bits per heavy atom. The molecule has 4 nitrogen and oxygen atoms in total. The maximum Gasteiger partial charge on any atom is 0.292 e. The molecule has 0 aromatic heterocycles. The van der Waals surface area contributed by atoms with Gasteiger partial charge >= 0.3 is 0 Å². The molecule has 92 valence electrons. The predicted octanol–water partition coefficient (Wildman–Crippen LogP) is 3.51. The summed E-state index contributed by atoms with van der Waals surface area (Å²) < 4.78 is 0. The minimum atomic E-state index is -0.295. The normalized spacial score (nSPS) is 16.1. The van der Waals surface area contributed by atoms with Crippen molar-refractivity contribution in [3.63, 3.8) is 0 Å². The summed E-state index contributed by atoms with van der Waals surface area (Å²) in [5.41, 5.74) is 1.88. The van der Waals surface area contributed by atoms with Crippen molar-refractivity contribution >= 4 is 11.4 Å². The predicted molar refractivity (Wildman–Crippen MR) is 68.4 cm³/mol. The van der Waals surface area contributed by atoms with Crippen LogP contribution in [0.1, 0.15) is 38.2 Å². The van der Waals surface area contributed by atoms with Gasteiger partial charge < -0.3 is 5.32 Å². The molecule has 1 N–H and O–H groups in total. The maximum absolute atomic E-state index is 11.0. The van der Waals surface area contributed by atoms with Gasteiger partial charge in [-0.3, -0.25) is 10.1 Å². The summed E-state index contributed by atoms with van der Waals surface area (Å²) >= 11 is 0. The number of hydrogen-bond donors (Lipinski definition) is 1. The Morgan fingerprint density at radius 3 is 2.71 bits per heavy atom. The molecule has 4 heteroatoms. The first kappa shape index (κ1) is 11.9. The first-order valence-corrected chi connectivity index (χ1v) is 6.24. The number of nitrogens with one attached hydrogen (secondary N) is 1. The minimum Gasteiger partial charge on any atom is -0.377 e. The van der Waals surface area contributed by atoms with Crippen LogP contribution < -0.4 is 5.32 Å². The molecule has 0 heterocycles. The molecule has 1 aromatic carbocycles. The Labute approximate surface area is 101 Å². The Balaban J connectivity index is 2.22. The largest absolute Gasteiger partial charge is 0.377 e. The topological polar surface area (TPSA) is 55.2 Å². The molecular formula is C13H18N2O2.